The molecule has 1 aromatic carbocycles. The molecule has 1 heterocycles. The van der Waals surface area contributed by atoms with Gasteiger partial charge in [-0.1, -0.05) is 28.1 Å². The fourth-order valence-corrected chi connectivity index (χ4v) is 2.78. The van der Waals surface area contributed by atoms with Crippen LogP contribution in [0.15, 0.2) is 28.7 Å². The molecule has 2 rings (SSSR count). The van der Waals surface area contributed by atoms with Crippen LogP contribution in [0.2, 0.25) is 0 Å². The van der Waals surface area contributed by atoms with E-state index in [0.29, 0.717) is 13.0 Å². The zero-order valence-electron chi connectivity index (χ0n) is 10.1. The fourth-order valence-electron chi connectivity index (χ4n) is 2.33. The zero-order chi connectivity index (χ0) is 12.3. The smallest absolute Gasteiger partial charge is 0.227 e. The second-order valence-corrected chi connectivity index (χ2v) is 5.34. The fraction of sp³-hybridized carbons (Fsp3) is 0.462. The molecular formula is C13H18BrClN2O. The molecule has 1 aromatic rings. The number of benzene rings is 1. The monoisotopic (exact) mass is 332 g/mol. The van der Waals surface area contributed by atoms with Crippen molar-refractivity contribution in [3.8, 4) is 0 Å². The highest BCUT2D eigenvalue weighted by atomic mass is 79.9. The van der Waals surface area contributed by atoms with Gasteiger partial charge in [0.25, 0.3) is 0 Å². The first-order valence-electron chi connectivity index (χ1n) is 5.94. The molecule has 1 fully saturated rings. The van der Waals surface area contributed by atoms with Crippen molar-refractivity contribution in [2.45, 2.75) is 25.3 Å². The van der Waals surface area contributed by atoms with Gasteiger partial charge in [-0.3, -0.25) is 4.79 Å². The quantitative estimate of drug-likeness (QED) is 0.923. The second-order valence-electron chi connectivity index (χ2n) is 4.43. The molecule has 0 radical (unpaired) electrons. The van der Waals surface area contributed by atoms with Gasteiger partial charge in [0, 0.05) is 23.6 Å². The molecule has 2 N–H and O–H groups in total. The summed E-state index contributed by atoms with van der Waals surface area (Å²) in [5.74, 6) is 0.191. The first kappa shape index (κ1) is 15.5. The molecule has 0 aromatic heterocycles. The van der Waals surface area contributed by atoms with Crippen LogP contribution in [0.25, 0.3) is 0 Å². The van der Waals surface area contributed by atoms with Gasteiger partial charge in [-0.05, 0) is 30.5 Å². The molecule has 1 saturated heterocycles. The molecule has 0 bridgehead atoms. The molecule has 0 spiro atoms. The van der Waals surface area contributed by atoms with E-state index in [1.807, 2.05) is 29.2 Å². The summed E-state index contributed by atoms with van der Waals surface area (Å²) in [5.41, 5.74) is 6.73. The van der Waals surface area contributed by atoms with E-state index < -0.39 is 0 Å². The maximum absolute atomic E-state index is 12.2. The van der Waals surface area contributed by atoms with Crippen LogP contribution >= 0.6 is 28.3 Å². The lowest BCUT2D eigenvalue weighted by molar-refractivity contribution is -0.131. The van der Waals surface area contributed by atoms with E-state index in [4.69, 9.17) is 5.73 Å². The van der Waals surface area contributed by atoms with E-state index in [-0.39, 0.29) is 24.4 Å². The number of hydrogen-bond acceptors (Lipinski definition) is 2. The van der Waals surface area contributed by atoms with Gasteiger partial charge >= 0.3 is 0 Å². The van der Waals surface area contributed by atoms with Gasteiger partial charge in [0.2, 0.25) is 5.91 Å². The van der Waals surface area contributed by atoms with Crippen molar-refractivity contribution in [3.05, 3.63) is 34.3 Å². The van der Waals surface area contributed by atoms with Crippen LogP contribution in [0, 0.1) is 0 Å². The first-order valence-corrected chi connectivity index (χ1v) is 6.74. The third-order valence-electron chi connectivity index (χ3n) is 3.21. The summed E-state index contributed by atoms with van der Waals surface area (Å²) in [6, 6.07) is 8.14. The van der Waals surface area contributed by atoms with Gasteiger partial charge < -0.3 is 10.6 Å². The average molecular weight is 334 g/mol. The van der Waals surface area contributed by atoms with E-state index in [0.717, 1.165) is 29.4 Å². The van der Waals surface area contributed by atoms with Gasteiger partial charge in [0.05, 0.1) is 6.42 Å². The minimum atomic E-state index is 0. The van der Waals surface area contributed by atoms with E-state index in [1.54, 1.807) is 0 Å². The number of hydrogen-bond donors (Lipinski definition) is 1. The van der Waals surface area contributed by atoms with Crippen LogP contribution in [0.3, 0.4) is 0 Å². The van der Waals surface area contributed by atoms with Crippen molar-refractivity contribution in [2.75, 3.05) is 13.1 Å². The van der Waals surface area contributed by atoms with Gasteiger partial charge in [0.1, 0.15) is 0 Å². The maximum Gasteiger partial charge on any atom is 0.227 e. The average Bonchev–Trinajstić information content (AvgIpc) is 2.77. The van der Waals surface area contributed by atoms with Crippen molar-refractivity contribution < 1.29 is 4.79 Å². The van der Waals surface area contributed by atoms with Crippen molar-refractivity contribution in [1.29, 1.82) is 0 Å². The molecule has 18 heavy (non-hydrogen) atoms. The molecule has 1 atom stereocenters. The number of amides is 1. The van der Waals surface area contributed by atoms with Crippen LogP contribution in [-0.2, 0) is 11.2 Å². The highest BCUT2D eigenvalue weighted by molar-refractivity contribution is 9.10. The molecular weight excluding hydrogens is 316 g/mol. The Labute approximate surface area is 122 Å². The summed E-state index contributed by atoms with van der Waals surface area (Å²) in [4.78, 5) is 14.1. The van der Waals surface area contributed by atoms with Crippen molar-refractivity contribution in [1.82, 2.24) is 4.90 Å². The first-order chi connectivity index (χ1) is 8.20. The Morgan fingerprint density at radius 3 is 2.94 bits per heavy atom. The topological polar surface area (TPSA) is 46.3 Å². The number of halogens is 2. The maximum atomic E-state index is 12.2. The summed E-state index contributed by atoms with van der Waals surface area (Å²) >= 11 is 3.42. The Balaban J connectivity index is 0.00000162. The van der Waals surface area contributed by atoms with E-state index >= 15 is 0 Å². The summed E-state index contributed by atoms with van der Waals surface area (Å²) in [5, 5.41) is 0. The van der Waals surface area contributed by atoms with E-state index in [1.165, 1.54) is 0 Å². The van der Waals surface area contributed by atoms with Gasteiger partial charge in [-0.2, -0.15) is 0 Å². The Bertz CT molecular complexity index is 414. The highest BCUT2D eigenvalue weighted by Crippen LogP contribution is 2.18. The van der Waals surface area contributed by atoms with Crippen LogP contribution < -0.4 is 5.73 Å². The second kappa shape index (κ2) is 7.12. The third-order valence-corrected chi connectivity index (χ3v) is 3.71. The number of rotatable bonds is 3. The SMILES string of the molecule is Cl.NCC1CCCN1C(=O)Cc1cccc(Br)c1. The number of nitrogens with two attached hydrogens (primary N) is 1. The van der Waals surface area contributed by atoms with Crippen molar-refractivity contribution >= 4 is 34.2 Å². The third kappa shape index (κ3) is 3.70. The van der Waals surface area contributed by atoms with E-state index in [9.17, 15) is 4.79 Å². The molecule has 0 saturated carbocycles. The van der Waals surface area contributed by atoms with Crippen LogP contribution in [0.5, 0.6) is 0 Å². The summed E-state index contributed by atoms with van der Waals surface area (Å²) in [6.07, 6.45) is 2.59. The predicted octanol–water partition coefficient (Wildman–Crippen LogP) is 2.36. The Hall–Kier alpha value is -0.580. The lowest BCUT2D eigenvalue weighted by atomic mass is 10.1. The molecule has 3 nitrogen and oxygen atoms in total. The largest absolute Gasteiger partial charge is 0.338 e. The van der Waals surface area contributed by atoms with Crippen molar-refractivity contribution in [2.24, 2.45) is 5.73 Å². The molecule has 1 aliphatic rings. The standard InChI is InChI=1S/C13H17BrN2O.ClH/c14-11-4-1-3-10(7-11)8-13(17)16-6-2-5-12(16)9-15;/h1,3-4,7,12H,2,5-6,8-9,15H2;1H. The molecule has 100 valence electrons. The van der Waals surface area contributed by atoms with Gasteiger partial charge in [-0.15, -0.1) is 12.4 Å². The summed E-state index contributed by atoms with van der Waals surface area (Å²) in [7, 11) is 0. The number of likely N-dealkylation sites (tertiary alicyclic amines) is 1. The number of nitrogens with zero attached hydrogens (tertiary/aromatic N) is 1. The van der Waals surface area contributed by atoms with E-state index in [2.05, 4.69) is 15.9 Å². The number of carbonyl (C=O) groups excluding carboxylic acids is 1. The zero-order valence-corrected chi connectivity index (χ0v) is 12.5. The van der Waals surface area contributed by atoms with Crippen LogP contribution in [0.1, 0.15) is 18.4 Å². The molecule has 1 aliphatic heterocycles. The normalized spacial score (nSPS) is 18.6. The van der Waals surface area contributed by atoms with Gasteiger partial charge in [-0.25, -0.2) is 0 Å². The molecule has 1 unspecified atom stereocenters. The molecule has 5 heteroatoms. The number of carbonyl (C=O) groups is 1. The Morgan fingerprint density at radius 1 is 1.50 bits per heavy atom. The molecule has 0 aliphatic carbocycles. The summed E-state index contributed by atoms with van der Waals surface area (Å²) in [6.45, 7) is 1.43. The minimum absolute atomic E-state index is 0. The lowest BCUT2D eigenvalue weighted by Crippen LogP contribution is -2.40. The van der Waals surface area contributed by atoms with Gasteiger partial charge in [0.15, 0.2) is 0 Å². The van der Waals surface area contributed by atoms with Crippen molar-refractivity contribution in [3.63, 3.8) is 0 Å². The van der Waals surface area contributed by atoms with Crippen LogP contribution in [-0.4, -0.2) is 29.9 Å². The summed E-state index contributed by atoms with van der Waals surface area (Å²) < 4.78 is 1.01. The molecule has 1 amide bonds. The Morgan fingerprint density at radius 2 is 2.28 bits per heavy atom. The van der Waals surface area contributed by atoms with Crippen LogP contribution in [0.4, 0.5) is 0 Å². The minimum Gasteiger partial charge on any atom is -0.338 e. The lowest BCUT2D eigenvalue weighted by Gasteiger charge is -2.23. The Kier molecular flexibility index (Phi) is 6.12. The highest BCUT2D eigenvalue weighted by Gasteiger charge is 2.27. The predicted molar refractivity (Wildman–Crippen MR) is 78.9 cm³/mol.